The van der Waals surface area contributed by atoms with Gasteiger partial charge in [0.25, 0.3) is 0 Å². The Morgan fingerprint density at radius 2 is 2.00 bits per heavy atom. The molecule has 2 heterocycles. The monoisotopic (exact) mass is 459 g/mol. The molecule has 2 atom stereocenters. The third-order valence-corrected chi connectivity index (χ3v) is 4.36. The van der Waals surface area contributed by atoms with Gasteiger partial charge in [-0.25, -0.2) is 4.99 Å². The molecule has 0 aliphatic carbocycles. The summed E-state index contributed by atoms with van der Waals surface area (Å²) in [7, 11) is 0. The molecule has 2 unspecified atom stereocenters. The van der Waals surface area contributed by atoms with Gasteiger partial charge in [0.15, 0.2) is 5.96 Å². The lowest BCUT2D eigenvalue weighted by Gasteiger charge is -2.35. The minimum Gasteiger partial charge on any atom is -0.357 e. The molecule has 1 fully saturated rings. The van der Waals surface area contributed by atoms with E-state index in [1.807, 2.05) is 24.4 Å². The van der Waals surface area contributed by atoms with Crippen molar-refractivity contribution in [2.45, 2.75) is 40.2 Å². The van der Waals surface area contributed by atoms with Crippen molar-refractivity contribution >= 4 is 29.9 Å². The summed E-state index contributed by atoms with van der Waals surface area (Å²) in [5.74, 6) is 2.54. The first kappa shape index (κ1) is 22.2. The normalized spacial score (nSPS) is 21.5. The number of hydrogen-bond donors (Lipinski definition) is 2. The molecule has 1 aliphatic rings. The van der Waals surface area contributed by atoms with E-state index in [2.05, 4.69) is 46.3 Å². The number of guanidine groups is 1. The maximum atomic E-state index is 4.61. The van der Waals surface area contributed by atoms with Gasteiger partial charge in [0.05, 0.1) is 12.2 Å². The van der Waals surface area contributed by atoms with Crippen LogP contribution in [0, 0.1) is 11.8 Å². The summed E-state index contributed by atoms with van der Waals surface area (Å²) in [6.45, 7) is 12.9. The zero-order valence-corrected chi connectivity index (χ0v) is 18.2. The van der Waals surface area contributed by atoms with Crippen molar-refractivity contribution in [3.8, 4) is 0 Å². The van der Waals surface area contributed by atoms with Gasteiger partial charge in [0.2, 0.25) is 0 Å². The Balaban J connectivity index is 0.00000312. The summed E-state index contributed by atoms with van der Waals surface area (Å²) >= 11 is 0. The second-order valence-electron chi connectivity index (χ2n) is 7.00. The fourth-order valence-electron chi connectivity index (χ4n) is 3.48. The largest absolute Gasteiger partial charge is 0.357 e. The first-order chi connectivity index (χ1) is 11.7. The van der Waals surface area contributed by atoms with E-state index in [9.17, 15) is 0 Å². The van der Waals surface area contributed by atoms with Crippen molar-refractivity contribution < 1.29 is 0 Å². The van der Waals surface area contributed by atoms with Crippen LogP contribution in [0.2, 0.25) is 0 Å². The van der Waals surface area contributed by atoms with Crippen molar-refractivity contribution in [2.24, 2.45) is 16.8 Å². The van der Waals surface area contributed by atoms with Crippen LogP contribution in [0.25, 0.3) is 0 Å². The van der Waals surface area contributed by atoms with Gasteiger partial charge in [-0.1, -0.05) is 19.9 Å². The molecule has 2 rings (SSSR count). The van der Waals surface area contributed by atoms with Crippen molar-refractivity contribution in [1.82, 2.24) is 20.5 Å². The second kappa shape index (κ2) is 12.5. The van der Waals surface area contributed by atoms with Gasteiger partial charge in [0.1, 0.15) is 0 Å². The van der Waals surface area contributed by atoms with Gasteiger partial charge >= 0.3 is 0 Å². The van der Waals surface area contributed by atoms with Crippen LogP contribution in [0.5, 0.6) is 0 Å². The van der Waals surface area contributed by atoms with E-state index in [1.165, 1.54) is 26.1 Å². The third-order valence-electron chi connectivity index (χ3n) is 4.36. The SMILES string of the molecule is CCNC(=NCc1ccccn1)NCCCN1CC(C)CC(C)C1.I. The van der Waals surface area contributed by atoms with Gasteiger partial charge in [-0.2, -0.15) is 0 Å². The number of halogens is 1. The number of nitrogens with zero attached hydrogens (tertiary/aromatic N) is 3. The standard InChI is InChI=1S/C19H33N5.HI/c1-4-20-19(23-13-18-8-5-6-9-21-18)22-10-7-11-24-14-16(2)12-17(3)15-24;/h5-6,8-9,16-17H,4,7,10-15H2,1-3H3,(H2,20,22,23);1H. The summed E-state index contributed by atoms with van der Waals surface area (Å²) in [5.41, 5.74) is 0.992. The Morgan fingerprint density at radius 3 is 2.64 bits per heavy atom. The number of pyridine rings is 1. The van der Waals surface area contributed by atoms with Crippen LogP contribution >= 0.6 is 24.0 Å². The zero-order chi connectivity index (χ0) is 17.2. The highest BCUT2D eigenvalue weighted by Crippen LogP contribution is 2.20. The van der Waals surface area contributed by atoms with Crippen LogP contribution in [0.4, 0.5) is 0 Å². The van der Waals surface area contributed by atoms with Crippen LogP contribution in [0.1, 0.15) is 39.3 Å². The van der Waals surface area contributed by atoms with Crippen molar-refractivity contribution in [3.05, 3.63) is 30.1 Å². The molecule has 0 saturated carbocycles. The molecule has 2 N–H and O–H groups in total. The van der Waals surface area contributed by atoms with Gasteiger partial charge in [-0.05, 0) is 50.3 Å². The van der Waals surface area contributed by atoms with Crippen LogP contribution in [-0.4, -0.2) is 48.6 Å². The minimum absolute atomic E-state index is 0. The van der Waals surface area contributed by atoms with Gasteiger partial charge < -0.3 is 15.5 Å². The number of aliphatic imine (C=N–C) groups is 1. The Hall–Kier alpha value is -0.890. The summed E-state index contributed by atoms with van der Waals surface area (Å²) in [5, 5.41) is 6.74. The average Bonchev–Trinajstić information content (AvgIpc) is 2.56. The van der Waals surface area contributed by atoms with Gasteiger partial charge in [0, 0.05) is 32.4 Å². The number of piperidine rings is 1. The zero-order valence-electron chi connectivity index (χ0n) is 15.9. The van der Waals surface area contributed by atoms with Crippen LogP contribution in [0.3, 0.4) is 0 Å². The maximum absolute atomic E-state index is 4.61. The Labute approximate surface area is 170 Å². The molecule has 1 aromatic rings. The lowest BCUT2D eigenvalue weighted by Crippen LogP contribution is -2.41. The fraction of sp³-hybridized carbons (Fsp3) is 0.684. The second-order valence-corrected chi connectivity index (χ2v) is 7.00. The van der Waals surface area contributed by atoms with Crippen molar-refractivity contribution in [1.29, 1.82) is 0 Å². The third kappa shape index (κ3) is 8.85. The first-order valence-corrected chi connectivity index (χ1v) is 9.31. The molecule has 1 aliphatic heterocycles. The predicted octanol–water partition coefficient (Wildman–Crippen LogP) is 3.12. The molecule has 1 saturated heterocycles. The molecule has 0 radical (unpaired) electrons. The molecule has 0 spiro atoms. The molecule has 5 nitrogen and oxygen atoms in total. The number of nitrogens with one attached hydrogen (secondary N) is 2. The lowest BCUT2D eigenvalue weighted by atomic mass is 9.92. The number of aromatic nitrogens is 1. The molecule has 1 aromatic heterocycles. The molecule has 25 heavy (non-hydrogen) atoms. The van der Waals surface area contributed by atoms with Crippen LogP contribution in [-0.2, 0) is 6.54 Å². The van der Waals surface area contributed by atoms with Crippen molar-refractivity contribution in [3.63, 3.8) is 0 Å². The van der Waals surface area contributed by atoms with Crippen LogP contribution in [0.15, 0.2) is 29.4 Å². The van der Waals surface area contributed by atoms with Gasteiger partial charge in [-0.15, -0.1) is 24.0 Å². The van der Waals surface area contributed by atoms with E-state index in [0.29, 0.717) is 6.54 Å². The molecule has 6 heteroatoms. The van der Waals surface area contributed by atoms with E-state index in [4.69, 9.17) is 0 Å². The predicted molar refractivity (Wildman–Crippen MR) is 116 cm³/mol. The highest BCUT2D eigenvalue weighted by atomic mass is 127. The molecule has 0 bridgehead atoms. The quantitative estimate of drug-likeness (QED) is 0.285. The first-order valence-electron chi connectivity index (χ1n) is 9.31. The average molecular weight is 459 g/mol. The molecular formula is C19H34IN5. The Morgan fingerprint density at radius 1 is 1.24 bits per heavy atom. The fourth-order valence-corrected chi connectivity index (χ4v) is 3.48. The molecule has 142 valence electrons. The van der Waals surface area contributed by atoms with Crippen molar-refractivity contribution in [2.75, 3.05) is 32.7 Å². The van der Waals surface area contributed by atoms with E-state index in [1.54, 1.807) is 0 Å². The number of rotatable bonds is 7. The smallest absolute Gasteiger partial charge is 0.191 e. The summed E-state index contributed by atoms with van der Waals surface area (Å²) in [4.78, 5) is 11.5. The van der Waals surface area contributed by atoms with E-state index < -0.39 is 0 Å². The summed E-state index contributed by atoms with van der Waals surface area (Å²) < 4.78 is 0. The number of likely N-dealkylation sites (tertiary alicyclic amines) is 1. The van der Waals surface area contributed by atoms with E-state index in [-0.39, 0.29) is 24.0 Å². The minimum atomic E-state index is 0. The van der Waals surface area contributed by atoms with Crippen LogP contribution < -0.4 is 10.6 Å². The summed E-state index contributed by atoms with van der Waals surface area (Å²) in [6, 6.07) is 5.93. The molecule has 0 amide bonds. The maximum Gasteiger partial charge on any atom is 0.191 e. The highest BCUT2D eigenvalue weighted by molar-refractivity contribution is 14.0. The Bertz CT molecular complexity index is 484. The lowest BCUT2D eigenvalue weighted by molar-refractivity contribution is 0.140. The molecule has 0 aromatic carbocycles. The van der Waals surface area contributed by atoms with E-state index >= 15 is 0 Å². The number of hydrogen-bond acceptors (Lipinski definition) is 3. The molecular weight excluding hydrogens is 425 g/mol. The van der Waals surface area contributed by atoms with E-state index in [0.717, 1.165) is 43.0 Å². The summed E-state index contributed by atoms with van der Waals surface area (Å²) in [6.07, 6.45) is 4.33. The van der Waals surface area contributed by atoms with Gasteiger partial charge in [-0.3, -0.25) is 4.98 Å². The topological polar surface area (TPSA) is 52.6 Å². The Kier molecular flexibility index (Phi) is 11.0. The highest BCUT2D eigenvalue weighted by Gasteiger charge is 2.20.